The Kier molecular flexibility index (Phi) is 16.3. The number of likely N-dealkylation sites (tertiary alicyclic amines) is 1. The van der Waals surface area contributed by atoms with Crippen LogP contribution in [0.1, 0.15) is 85.0 Å². The van der Waals surface area contributed by atoms with Crippen LogP contribution in [0, 0.1) is 11.8 Å². The average molecular weight is 397 g/mol. The van der Waals surface area contributed by atoms with E-state index in [2.05, 4.69) is 48.7 Å². The van der Waals surface area contributed by atoms with Gasteiger partial charge in [-0.15, -0.1) is 0 Å². The van der Waals surface area contributed by atoms with Crippen LogP contribution in [0.2, 0.25) is 0 Å². The number of nitrogens with zero attached hydrogens (tertiary/aromatic N) is 1. The highest BCUT2D eigenvalue weighted by molar-refractivity contribution is 4.66. The summed E-state index contributed by atoms with van der Waals surface area (Å²) in [7, 11) is 2.19. The Morgan fingerprint density at radius 2 is 1.32 bits per heavy atom. The van der Waals surface area contributed by atoms with Crippen LogP contribution >= 0.6 is 0 Å². The standard InChI is InChI=1S/4C6H13N/c1-6-2-4-7-5-3-6;1-6-3-2-4-7-5-6;1-7-5-3-2-4-6-7;1-6-4-2-3-5-7-6/h2*6-7H,2-5H2,1H3;2-6H2,1H3;6-7H,2-5H2,1H3. The maximum Gasteiger partial charge on any atom is 0.00387 e. The van der Waals surface area contributed by atoms with E-state index in [1.807, 2.05) is 0 Å². The van der Waals surface area contributed by atoms with Crippen molar-refractivity contribution in [3.8, 4) is 0 Å². The minimum absolute atomic E-state index is 0.786. The second kappa shape index (κ2) is 17.7. The van der Waals surface area contributed by atoms with Crippen molar-refractivity contribution in [2.45, 2.75) is 91.0 Å². The molecule has 4 heterocycles. The van der Waals surface area contributed by atoms with Crippen LogP contribution in [0.25, 0.3) is 0 Å². The summed E-state index contributed by atoms with van der Waals surface area (Å²) in [6.45, 7) is 15.7. The van der Waals surface area contributed by atoms with E-state index in [1.165, 1.54) is 110 Å². The Bertz CT molecular complexity index is 249. The first-order chi connectivity index (χ1) is 13.6. The number of hydrogen-bond donors (Lipinski definition) is 3. The Balaban J connectivity index is 0.000000187. The van der Waals surface area contributed by atoms with Crippen LogP contribution in [-0.4, -0.2) is 63.8 Å². The molecule has 0 saturated carbocycles. The van der Waals surface area contributed by atoms with Crippen molar-refractivity contribution >= 4 is 0 Å². The summed E-state index contributed by atoms with van der Waals surface area (Å²) in [5, 5.41) is 10.0. The molecule has 2 unspecified atom stereocenters. The zero-order valence-corrected chi connectivity index (χ0v) is 19.7. The molecule has 0 radical (unpaired) electrons. The van der Waals surface area contributed by atoms with Gasteiger partial charge in [-0.3, -0.25) is 0 Å². The molecule has 4 saturated heterocycles. The van der Waals surface area contributed by atoms with E-state index >= 15 is 0 Å². The van der Waals surface area contributed by atoms with Gasteiger partial charge in [-0.1, -0.05) is 26.7 Å². The number of piperidine rings is 4. The zero-order chi connectivity index (χ0) is 20.5. The van der Waals surface area contributed by atoms with Gasteiger partial charge in [-0.05, 0) is 123 Å². The SMILES string of the molecule is CC1CCCCN1.CC1CCCNC1.CC1CCNCC1.CN1CCCCC1. The van der Waals surface area contributed by atoms with Crippen molar-refractivity contribution in [1.82, 2.24) is 20.9 Å². The predicted octanol–water partition coefficient (Wildman–Crippen LogP) is 4.26. The Morgan fingerprint density at radius 3 is 1.61 bits per heavy atom. The van der Waals surface area contributed by atoms with Crippen molar-refractivity contribution < 1.29 is 0 Å². The van der Waals surface area contributed by atoms with Crippen LogP contribution in [0.15, 0.2) is 0 Å². The molecule has 4 rings (SSSR count). The van der Waals surface area contributed by atoms with E-state index in [0.717, 1.165) is 17.9 Å². The minimum Gasteiger partial charge on any atom is -0.317 e. The van der Waals surface area contributed by atoms with Crippen LogP contribution in [0.4, 0.5) is 0 Å². The van der Waals surface area contributed by atoms with Crippen molar-refractivity contribution in [2.75, 3.05) is 52.9 Å². The molecule has 3 N–H and O–H groups in total. The van der Waals surface area contributed by atoms with E-state index in [1.54, 1.807) is 0 Å². The highest BCUT2D eigenvalue weighted by atomic mass is 15.1. The van der Waals surface area contributed by atoms with E-state index < -0.39 is 0 Å². The summed E-state index contributed by atoms with van der Waals surface area (Å²) in [6, 6.07) is 0.786. The van der Waals surface area contributed by atoms with Gasteiger partial charge in [0.05, 0.1) is 0 Å². The predicted molar refractivity (Wildman–Crippen MR) is 125 cm³/mol. The molecule has 0 aromatic heterocycles. The Labute approximate surface area is 177 Å². The fourth-order valence-electron chi connectivity index (χ4n) is 4.07. The molecule has 4 heteroatoms. The Hall–Kier alpha value is -0.160. The first-order valence-corrected chi connectivity index (χ1v) is 12.4. The van der Waals surface area contributed by atoms with Gasteiger partial charge in [0.1, 0.15) is 0 Å². The summed E-state index contributed by atoms with van der Waals surface area (Å²) < 4.78 is 0. The highest BCUT2D eigenvalue weighted by Crippen LogP contribution is 2.08. The zero-order valence-electron chi connectivity index (χ0n) is 19.7. The third kappa shape index (κ3) is 15.7. The third-order valence-corrected chi connectivity index (χ3v) is 6.31. The van der Waals surface area contributed by atoms with E-state index in [-0.39, 0.29) is 0 Å². The topological polar surface area (TPSA) is 39.3 Å². The number of hydrogen-bond acceptors (Lipinski definition) is 4. The van der Waals surface area contributed by atoms with Gasteiger partial charge < -0.3 is 20.9 Å². The molecular weight excluding hydrogens is 344 g/mol. The van der Waals surface area contributed by atoms with Crippen molar-refractivity contribution in [2.24, 2.45) is 11.8 Å². The second-order valence-electron chi connectivity index (χ2n) is 9.60. The molecule has 0 aromatic carbocycles. The molecule has 4 fully saturated rings. The second-order valence-corrected chi connectivity index (χ2v) is 9.60. The molecule has 4 aliphatic rings. The number of nitrogens with one attached hydrogen (secondary N) is 3. The third-order valence-electron chi connectivity index (χ3n) is 6.31. The molecular formula is C24H52N4. The van der Waals surface area contributed by atoms with Gasteiger partial charge in [0.15, 0.2) is 0 Å². The van der Waals surface area contributed by atoms with Gasteiger partial charge in [0.2, 0.25) is 0 Å². The summed E-state index contributed by atoms with van der Waals surface area (Å²) in [6.07, 6.45) is 14.0. The van der Waals surface area contributed by atoms with Crippen LogP contribution in [0.3, 0.4) is 0 Å². The summed E-state index contributed by atoms with van der Waals surface area (Å²) in [5.74, 6) is 1.90. The molecule has 28 heavy (non-hydrogen) atoms. The largest absolute Gasteiger partial charge is 0.317 e. The fraction of sp³-hybridized carbons (Fsp3) is 1.00. The van der Waals surface area contributed by atoms with Crippen molar-refractivity contribution in [3.05, 3.63) is 0 Å². The Morgan fingerprint density at radius 1 is 0.607 bits per heavy atom. The highest BCUT2D eigenvalue weighted by Gasteiger charge is 2.06. The normalized spacial score (nSPS) is 29.1. The lowest BCUT2D eigenvalue weighted by molar-refractivity contribution is 0.277. The molecule has 0 aromatic rings. The van der Waals surface area contributed by atoms with Gasteiger partial charge in [-0.2, -0.15) is 0 Å². The van der Waals surface area contributed by atoms with Crippen LogP contribution in [-0.2, 0) is 0 Å². The van der Waals surface area contributed by atoms with Crippen molar-refractivity contribution in [1.29, 1.82) is 0 Å². The lowest BCUT2D eigenvalue weighted by Crippen LogP contribution is -2.30. The van der Waals surface area contributed by atoms with E-state index in [0.29, 0.717) is 0 Å². The first-order valence-electron chi connectivity index (χ1n) is 12.4. The monoisotopic (exact) mass is 396 g/mol. The average Bonchev–Trinajstić information content (AvgIpc) is 2.72. The molecule has 168 valence electrons. The molecule has 4 nitrogen and oxygen atoms in total. The van der Waals surface area contributed by atoms with Crippen LogP contribution in [0.5, 0.6) is 0 Å². The summed E-state index contributed by atoms with van der Waals surface area (Å²) in [4.78, 5) is 2.39. The first kappa shape index (κ1) is 25.9. The minimum atomic E-state index is 0.786. The smallest absolute Gasteiger partial charge is 0.00387 e. The van der Waals surface area contributed by atoms with Gasteiger partial charge in [0, 0.05) is 6.04 Å². The maximum absolute atomic E-state index is 3.38. The lowest BCUT2D eigenvalue weighted by Gasteiger charge is -2.20. The molecule has 2 atom stereocenters. The van der Waals surface area contributed by atoms with Crippen LogP contribution < -0.4 is 16.0 Å². The molecule has 0 aliphatic carbocycles. The quantitative estimate of drug-likeness (QED) is 0.572. The van der Waals surface area contributed by atoms with E-state index in [9.17, 15) is 0 Å². The maximum atomic E-state index is 3.38. The molecule has 4 aliphatic heterocycles. The van der Waals surface area contributed by atoms with Gasteiger partial charge in [-0.25, -0.2) is 0 Å². The fourth-order valence-corrected chi connectivity index (χ4v) is 4.07. The molecule has 0 bridgehead atoms. The summed E-state index contributed by atoms with van der Waals surface area (Å²) in [5.41, 5.74) is 0. The lowest BCUT2D eigenvalue weighted by atomic mass is 10.0. The summed E-state index contributed by atoms with van der Waals surface area (Å²) >= 11 is 0. The van der Waals surface area contributed by atoms with Gasteiger partial charge in [0.25, 0.3) is 0 Å². The molecule has 0 amide bonds. The van der Waals surface area contributed by atoms with E-state index in [4.69, 9.17) is 0 Å². The van der Waals surface area contributed by atoms with Crippen molar-refractivity contribution in [3.63, 3.8) is 0 Å². The number of rotatable bonds is 0. The van der Waals surface area contributed by atoms with Gasteiger partial charge >= 0.3 is 0 Å². The molecule has 0 spiro atoms.